The molecule has 1 aromatic rings. The van der Waals surface area contributed by atoms with Gasteiger partial charge in [0.15, 0.2) is 0 Å². The Morgan fingerprint density at radius 3 is 2.59 bits per heavy atom. The number of carbonyl (C=O) groups is 1. The highest BCUT2D eigenvalue weighted by molar-refractivity contribution is 7.89. The minimum absolute atomic E-state index is 0.202. The topological polar surface area (TPSA) is 92.7 Å². The maximum atomic E-state index is 12.3. The minimum Gasteiger partial charge on any atom is -0.501 e. The van der Waals surface area contributed by atoms with Crippen molar-refractivity contribution < 1.29 is 23.1 Å². The van der Waals surface area contributed by atoms with E-state index < -0.39 is 33.0 Å². The Morgan fingerprint density at radius 2 is 2.00 bits per heavy atom. The van der Waals surface area contributed by atoms with E-state index in [0.717, 1.165) is 0 Å². The number of carbonyl (C=O) groups excluding carboxylic acids is 1. The molecule has 2 rings (SSSR count). The van der Waals surface area contributed by atoms with Crippen LogP contribution in [0.3, 0.4) is 0 Å². The molecular weight excluding hydrogens is 353 g/mol. The molecule has 0 aliphatic carbocycles. The lowest BCUT2D eigenvalue weighted by molar-refractivity contribution is -0.131. The highest BCUT2D eigenvalue weighted by Crippen LogP contribution is 2.41. The van der Waals surface area contributed by atoms with E-state index in [4.69, 9.17) is 27.9 Å². The summed E-state index contributed by atoms with van der Waals surface area (Å²) < 4.78 is 30.6. The molecule has 1 aromatic carbocycles. The van der Waals surface area contributed by atoms with Crippen LogP contribution >= 0.6 is 23.2 Å². The van der Waals surface area contributed by atoms with Crippen LogP contribution in [-0.2, 0) is 25.2 Å². The molecule has 9 heteroatoms. The maximum absolute atomic E-state index is 12.3. The van der Waals surface area contributed by atoms with Crippen molar-refractivity contribution in [2.45, 2.75) is 19.4 Å². The third-order valence-corrected chi connectivity index (χ3v) is 5.06. The van der Waals surface area contributed by atoms with Crippen molar-refractivity contribution in [3.8, 4) is 0 Å². The van der Waals surface area contributed by atoms with E-state index in [9.17, 15) is 18.3 Å². The van der Waals surface area contributed by atoms with E-state index in [-0.39, 0.29) is 16.3 Å². The fourth-order valence-corrected chi connectivity index (χ4v) is 2.99. The van der Waals surface area contributed by atoms with Gasteiger partial charge in [0, 0.05) is 15.6 Å². The van der Waals surface area contributed by atoms with E-state index in [0.29, 0.717) is 5.02 Å². The summed E-state index contributed by atoms with van der Waals surface area (Å²) >= 11 is 12.0. The molecule has 2 N–H and O–H groups in total. The minimum atomic E-state index is -3.71. The van der Waals surface area contributed by atoms with Gasteiger partial charge >= 0.3 is 0 Å². The number of aliphatic hydroxyl groups excluding tert-OH is 1. The van der Waals surface area contributed by atoms with Crippen LogP contribution in [0.2, 0.25) is 10.0 Å². The third-order valence-electron chi connectivity index (χ3n) is 3.24. The van der Waals surface area contributed by atoms with Gasteiger partial charge in [-0.15, -0.1) is 0 Å². The van der Waals surface area contributed by atoms with Crippen LogP contribution in [0.15, 0.2) is 29.8 Å². The second-order valence-electron chi connectivity index (χ2n) is 4.77. The molecular formula is C13H13Cl2NO5S. The monoisotopic (exact) mass is 365 g/mol. The van der Waals surface area contributed by atoms with Crippen molar-refractivity contribution in [1.82, 2.24) is 4.72 Å². The van der Waals surface area contributed by atoms with Gasteiger partial charge in [-0.25, -0.2) is 8.42 Å². The zero-order valence-corrected chi connectivity index (χ0v) is 14.0. The quantitative estimate of drug-likeness (QED) is 0.854. The molecule has 0 radical (unpaired) electrons. The van der Waals surface area contributed by atoms with Crippen LogP contribution in [0.25, 0.3) is 0 Å². The van der Waals surface area contributed by atoms with E-state index in [1.165, 1.54) is 32.0 Å². The molecule has 0 saturated heterocycles. The van der Waals surface area contributed by atoms with Gasteiger partial charge < -0.3 is 9.84 Å². The van der Waals surface area contributed by atoms with E-state index in [2.05, 4.69) is 0 Å². The van der Waals surface area contributed by atoms with Crippen molar-refractivity contribution >= 4 is 39.0 Å². The van der Waals surface area contributed by atoms with Gasteiger partial charge in [-0.3, -0.25) is 9.52 Å². The number of halogens is 2. The first-order valence-electron chi connectivity index (χ1n) is 6.24. The zero-order valence-electron chi connectivity index (χ0n) is 11.7. The number of nitrogens with one attached hydrogen (secondary N) is 1. The fraction of sp³-hybridized carbons (Fsp3) is 0.308. The molecule has 6 nitrogen and oxygen atoms in total. The summed E-state index contributed by atoms with van der Waals surface area (Å²) in [7, 11) is -3.71. The molecule has 22 heavy (non-hydrogen) atoms. The summed E-state index contributed by atoms with van der Waals surface area (Å²) in [6.45, 7) is 2.78. The molecule has 0 aromatic heterocycles. The summed E-state index contributed by atoms with van der Waals surface area (Å²) in [5, 5.41) is 10.4. The summed E-state index contributed by atoms with van der Waals surface area (Å²) in [5.74, 6) is -2.39. The Labute approximate surface area is 137 Å². The molecule has 1 aliphatic rings. The normalized spacial score (nSPS) is 21.9. The van der Waals surface area contributed by atoms with E-state index in [1.54, 1.807) is 0 Å². The van der Waals surface area contributed by atoms with Gasteiger partial charge in [0.2, 0.25) is 27.3 Å². The third kappa shape index (κ3) is 2.88. The van der Waals surface area contributed by atoms with Crippen LogP contribution in [0.1, 0.15) is 19.4 Å². The number of hydrogen-bond donors (Lipinski definition) is 2. The SMILES string of the molecule is CCS(=O)(=O)NC1=C(O)C(=O)C(C)(c2cc(Cl)ccc2Cl)O1. The number of sulfonamides is 1. The Bertz CT molecular complexity index is 775. The Hall–Kier alpha value is -1.44. The molecule has 1 heterocycles. The lowest BCUT2D eigenvalue weighted by Crippen LogP contribution is -2.33. The van der Waals surface area contributed by atoms with Gasteiger partial charge in [-0.1, -0.05) is 23.2 Å². The molecule has 0 amide bonds. The predicted molar refractivity (Wildman–Crippen MR) is 82.2 cm³/mol. The Morgan fingerprint density at radius 1 is 1.36 bits per heavy atom. The number of Topliss-reactive ketones (excluding diaryl/α,β-unsaturated/α-hetero) is 1. The number of hydrogen-bond acceptors (Lipinski definition) is 5. The number of aliphatic hydroxyl groups is 1. The summed E-state index contributed by atoms with van der Waals surface area (Å²) in [6.07, 6.45) is 0. The van der Waals surface area contributed by atoms with E-state index in [1.807, 2.05) is 4.72 Å². The smallest absolute Gasteiger partial charge is 0.250 e. The molecule has 0 fully saturated rings. The lowest BCUT2D eigenvalue weighted by atomic mass is 9.91. The van der Waals surface area contributed by atoms with Gasteiger partial charge in [-0.05, 0) is 32.0 Å². The first-order chi connectivity index (χ1) is 10.1. The summed E-state index contributed by atoms with van der Waals surface area (Å²) in [4.78, 5) is 12.3. The fourth-order valence-electron chi connectivity index (χ4n) is 1.95. The molecule has 1 aliphatic heterocycles. The molecule has 0 bridgehead atoms. The zero-order chi connectivity index (χ0) is 16.7. The first-order valence-corrected chi connectivity index (χ1v) is 8.64. The van der Waals surface area contributed by atoms with Crippen LogP contribution in [0.4, 0.5) is 0 Å². The number of rotatable bonds is 4. The van der Waals surface area contributed by atoms with Crippen molar-refractivity contribution in [3.05, 3.63) is 45.5 Å². The van der Waals surface area contributed by atoms with Crippen molar-refractivity contribution in [1.29, 1.82) is 0 Å². The first kappa shape index (κ1) is 16.9. The van der Waals surface area contributed by atoms with Gasteiger partial charge in [0.05, 0.1) is 5.75 Å². The second kappa shape index (κ2) is 5.64. The summed E-state index contributed by atoms with van der Waals surface area (Å²) in [6, 6.07) is 4.43. The molecule has 1 unspecified atom stereocenters. The average molecular weight is 366 g/mol. The Kier molecular flexibility index (Phi) is 4.34. The maximum Gasteiger partial charge on any atom is 0.250 e. The standard InChI is InChI=1S/C13H13Cl2NO5S/c1-3-22(19,20)16-12-10(17)11(18)13(2,21-12)8-6-7(14)4-5-9(8)15/h4-6,16-17H,3H2,1-2H3. The van der Waals surface area contributed by atoms with Crippen molar-refractivity contribution in [3.63, 3.8) is 0 Å². The number of benzene rings is 1. The Balaban J connectivity index is 2.45. The average Bonchev–Trinajstić information content (AvgIpc) is 2.66. The van der Waals surface area contributed by atoms with Crippen LogP contribution < -0.4 is 4.72 Å². The molecule has 120 valence electrons. The molecule has 1 atom stereocenters. The predicted octanol–water partition coefficient (Wildman–Crippen LogP) is 2.47. The largest absolute Gasteiger partial charge is 0.501 e. The van der Waals surface area contributed by atoms with Gasteiger partial charge in [0.25, 0.3) is 5.78 Å². The lowest BCUT2D eigenvalue weighted by Gasteiger charge is -2.24. The summed E-state index contributed by atoms with van der Waals surface area (Å²) in [5.41, 5.74) is -1.44. The van der Waals surface area contributed by atoms with Crippen LogP contribution in [-0.4, -0.2) is 25.1 Å². The highest BCUT2D eigenvalue weighted by Gasteiger charge is 2.49. The second-order valence-corrected chi connectivity index (χ2v) is 7.63. The number of ether oxygens (including phenoxy) is 1. The van der Waals surface area contributed by atoms with Gasteiger partial charge in [0.1, 0.15) is 0 Å². The van der Waals surface area contributed by atoms with Crippen LogP contribution in [0.5, 0.6) is 0 Å². The molecule has 0 spiro atoms. The van der Waals surface area contributed by atoms with Gasteiger partial charge in [-0.2, -0.15) is 0 Å². The van der Waals surface area contributed by atoms with Crippen molar-refractivity contribution in [2.75, 3.05) is 5.75 Å². The number of ketones is 1. The highest BCUT2D eigenvalue weighted by atomic mass is 35.5. The van der Waals surface area contributed by atoms with Crippen LogP contribution in [0, 0.1) is 0 Å². The molecule has 0 saturated carbocycles. The van der Waals surface area contributed by atoms with Crippen molar-refractivity contribution in [2.24, 2.45) is 0 Å². The van der Waals surface area contributed by atoms with E-state index >= 15 is 0 Å².